The van der Waals surface area contributed by atoms with Crippen LogP contribution in [0, 0.1) is 12.7 Å². The molecule has 5 nitrogen and oxygen atoms in total. The van der Waals surface area contributed by atoms with Crippen LogP contribution < -0.4 is 0 Å². The molecule has 0 atom stereocenters. The highest BCUT2D eigenvalue weighted by molar-refractivity contribution is 5.67. The first-order valence-electron chi connectivity index (χ1n) is 7.32. The van der Waals surface area contributed by atoms with Crippen LogP contribution in [0.2, 0.25) is 0 Å². The van der Waals surface area contributed by atoms with E-state index in [0.717, 1.165) is 22.4 Å². The first kappa shape index (κ1) is 15.3. The van der Waals surface area contributed by atoms with Gasteiger partial charge >= 0.3 is 0 Å². The second-order valence-electron chi connectivity index (χ2n) is 5.80. The van der Waals surface area contributed by atoms with Crippen LogP contribution in [-0.4, -0.2) is 39.2 Å². The Morgan fingerprint density at radius 1 is 1.09 bits per heavy atom. The largest absolute Gasteiger partial charge is 0.305 e. The molecule has 0 N–H and O–H groups in total. The van der Waals surface area contributed by atoms with Gasteiger partial charge in [-0.2, -0.15) is 0 Å². The van der Waals surface area contributed by atoms with Crippen molar-refractivity contribution in [1.82, 2.24) is 25.1 Å². The van der Waals surface area contributed by atoms with E-state index in [0.29, 0.717) is 12.1 Å². The number of aryl methyl sites for hydroxylation is 1. The van der Waals surface area contributed by atoms with Gasteiger partial charge in [-0.05, 0) is 72.4 Å². The molecule has 0 aliphatic heterocycles. The summed E-state index contributed by atoms with van der Waals surface area (Å²) in [6, 6.07) is 11.3. The number of tetrazole rings is 1. The summed E-state index contributed by atoms with van der Waals surface area (Å²) < 4.78 is 15.5. The minimum absolute atomic E-state index is 0.176. The Hall–Kier alpha value is -2.60. The Bertz CT molecular complexity index is 812. The van der Waals surface area contributed by atoms with Crippen LogP contribution in [0.5, 0.6) is 0 Å². The van der Waals surface area contributed by atoms with Crippen molar-refractivity contribution >= 4 is 0 Å². The maximum atomic E-state index is 13.9. The number of hydrogen-bond acceptors (Lipinski definition) is 4. The molecule has 1 heterocycles. The Kier molecular flexibility index (Phi) is 4.16. The van der Waals surface area contributed by atoms with Gasteiger partial charge in [-0.1, -0.05) is 12.1 Å². The van der Waals surface area contributed by atoms with E-state index < -0.39 is 0 Å². The zero-order valence-electron chi connectivity index (χ0n) is 13.4. The van der Waals surface area contributed by atoms with E-state index in [-0.39, 0.29) is 5.82 Å². The topological polar surface area (TPSA) is 46.8 Å². The lowest BCUT2D eigenvalue weighted by Crippen LogP contribution is -2.12. The van der Waals surface area contributed by atoms with Crippen LogP contribution >= 0.6 is 0 Å². The molecule has 0 spiro atoms. The summed E-state index contributed by atoms with van der Waals surface area (Å²) in [5.41, 5.74) is 4.70. The second-order valence-corrected chi connectivity index (χ2v) is 5.80. The van der Waals surface area contributed by atoms with Crippen molar-refractivity contribution in [2.45, 2.75) is 13.5 Å². The summed E-state index contributed by atoms with van der Waals surface area (Å²) in [5, 5.41) is 11.2. The van der Waals surface area contributed by atoms with E-state index in [1.807, 2.05) is 44.1 Å². The molecule has 0 saturated carbocycles. The van der Waals surface area contributed by atoms with Gasteiger partial charge in [-0.25, -0.2) is 9.07 Å². The molecule has 0 radical (unpaired) electrons. The molecule has 1 aromatic heterocycles. The molecule has 0 unspecified atom stereocenters. The lowest BCUT2D eigenvalue weighted by Gasteiger charge is -2.13. The molecule has 0 aliphatic carbocycles. The van der Waals surface area contributed by atoms with Gasteiger partial charge < -0.3 is 4.90 Å². The van der Waals surface area contributed by atoms with Crippen LogP contribution in [0.4, 0.5) is 4.39 Å². The van der Waals surface area contributed by atoms with Crippen LogP contribution in [0.1, 0.15) is 11.1 Å². The molecule has 3 aromatic rings. The van der Waals surface area contributed by atoms with Gasteiger partial charge in [0, 0.05) is 12.1 Å². The fourth-order valence-corrected chi connectivity index (χ4v) is 2.58. The predicted octanol–water partition coefficient (Wildman–Crippen LogP) is 2.84. The molecule has 118 valence electrons. The maximum absolute atomic E-state index is 13.9. The van der Waals surface area contributed by atoms with Crippen molar-refractivity contribution in [1.29, 1.82) is 0 Å². The summed E-state index contributed by atoms with van der Waals surface area (Å²) in [5.74, 6) is -0.176. The Morgan fingerprint density at radius 3 is 2.48 bits per heavy atom. The minimum Gasteiger partial charge on any atom is -0.305 e. The minimum atomic E-state index is -0.176. The highest BCUT2D eigenvalue weighted by atomic mass is 19.1. The normalized spacial score (nSPS) is 11.2. The quantitative estimate of drug-likeness (QED) is 0.743. The Labute approximate surface area is 134 Å². The average Bonchev–Trinajstić information content (AvgIpc) is 3.03. The van der Waals surface area contributed by atoms with Gasteiger partial charge in [0.25, 0.3) is 0 Å². The maximum Gasteiger partial charge on any atom is 0.143 e. The number of rotatable bonds is 4. The van der Waals surface area contributed by atoms with Gasteiger partial charge in [0.15, 0.2) is 0 Å². The van der Waals surface area contributed by atoms with Gasteiger partial charge in [0.2, 0.25) is 0 Å². The third kappa shape index (κ3) is 3.27. The highest BCUT2D eigenvalue weighted by Gasteiger charge is 2.09. The van der Waals surface area contributed by atoms with Crippen LogP contribution in [0.15, 0.2) is 42.7 Å². The highest BCUT2D eigenvalue weighted by Crippen LogP contribution is 2.26. The summed E-state index contributed by atoms with van der Waals surface area (Å²) in [7, 11) is 3.86. The van der Waals surface area contributed by atoms with E-state index in [9.17, 15) is 4.39 Å². The van der Waals surface area contributed by atoms with Crippen molar-refractivity contribution in [3.63, 3.8) is 0 Å². The van der Waals surface area contributed by atoms with Crippen molar-refractivity contribution < 1.29 is 4.39 Å². The Morgan fingerprint density at radius 2 is 1.83 bits per heavy atom. The van der Waals surface area contributed by atoms with E-state index in [1.54, 1.807) is 17.1 Å². The fraction of sp³-hybridized carbons (Fsp3) is 0.235. The third-order valence-corrected chi connectivity index (χ3v) is 3.66. The van der Waals surface area contributed by atoms with E-state index in [1.165, 1.54) is 6.07 Å². The molecule has 0 fully saturated rings. The number of nitrogens with zero attached hydrogens (tertiary/aromatic N) is 5. The smallest absolute Gasteiger partial charge is 0.143 e. The first-order chi connectivity index (χ1) is 11.0. The standard InChI is InChI=1S/C17H18FN5/c1-12-8-13(5-7-17(12)23-11-19-20-21-23)14-4-6-16(18)15(9-14)10-22(2)3/h4-9,11H,10H2,1-3H3. The van der Waals surface area contributed by atoms with E-state index in [4.69, 9.17) is 0 Å². The molecular formula is C17H18FN5. The monoisotopic (exact) mass is 311 g/mol. The van der Waals surface area contributed by atoms with Gasteiger partial charge in [0.1, 0.15) is 12.1 Å². The zero-order chi connectivity index (χ0) is 16.4. The van der Waals surface area contributed by atoms with Crippen molar-refractivity contribution in [3.8, 4) is 16.8 Å². The predicted molar refractivity (Wildman–Crippen MR) is 86.7 cm³/mol. The third-order valence-electron chi connectivity index (χ3n) is 3.66. The van der Waals surface area contributed by atoms with Crippen LogP contribution in [0.3, 0.4) is 0 Å². The lowest BCUT2D eigenvalue weighted by molar-refractivity contribution is 0.392. The zero-order valence-corrected chi connectivity index (χ0v) is 13.4. The summed E-state index contributed by atoms with van der Waals surface area (Å²) in [6.45, 7) is 2.58. The Balaban J connectivity index is 1.98. The molecule has 0 bridgehead atoms. The molecule has 0 aliphatic rings. The fourth-order valence-electron chi connectivity index (χ4n) is 2.58. The van der Waals surface area contributed by atoms with Crippen LogP contribution in [0.25, 0.3) is 16.8 Å². The molecule has 2 aromatic carbocycles. The van der Waals surface area contributed by atoms with Gasteiger partial charge in [0.05, 0.1) is 5.69 Å². The number of aromatic nitrogens is 4. The molecule has 23 heavy (non-hydrogen) atoms. The molecule has 0 saturated heterocycles. The molecule has 3 rings (SSSR count). The average molecular weight is 311 g/mol. The van der Waals surface area contributed by atoms with Crippen molar-refractivity contribution in [2.75, 3.05) is 14.1 Å². The lowest BCUT2D eigenvalue weighted by atomic mass is 10.00. The summed E-state index contributed by atoms with van der Waals surface area (Å²) in [6.07, 6.45) is 1.56. The number of hydrogen-bond donors (Lipinski definition) is 0. The molecular weight excluding hydrogens is 293 g/mol. The van der Waals surface area contributed by atoms with Crippen molar-refractivity contribution in [2.24, 2.45) is 0 Å². The summed E-state index contributed by atoms with van der Waals surface area (Å²) in [4.78, 5) is 1.95. The SMILES string of the molecule is Cc1cc(-c2ccc(F)c(CN(C)C)c2)ccc1-n1cnnn1. The number of halogens is 1. The summed E-state index contributed by atoms with van der Waals surface area (Å²) >= 11 is 0. The van der Waals surface area contributed by atoms with Gasteiger partial charge in [-0.15, -0.1) is 5.10 Å². The van der Waals surface area contributed by atoms with E-state index in [2.05, 4.69) is 21.6 Å². The van der Waals surface area contributed by atoms with Crippen LogP contribution in [-0.2, 0) is 6.54 Å². The molecule has 0 amide bonds. The van der Waals surface area contributed by atoms with Crippen molar-refractivity contribution in [3.05, 3.63) is 59.7 Å². The second kappa shape index (κ2) is 6.26. The molecule has 6 heteroatoms. The van der Waals surface area contributed by atoms with Gasteiger partial charge in [-0.3, -0.25) is 0 Å². The first-order valence-corrected chi connectivity index (χ1v) is 7.32. The number of benzene rings is 2. The van der Waals surface area contributed by atoms with E-state index >= 15 is 0 Å².